The number of anilines is 1. The average molecular weight is 390 g/mol. The molecule has 1 N–H and O–H groups in total. The van der Waals surface area contributed by atoms with Gasteiger partial charge in [0, 0.05) is 51.0 Å². The standard InChI is InChI=1S/C20H30N4O4/c1-3-28-20(26)24-10-8-17(9-11-24)22-12-14-23(15-13-22)19(25)21-16-4-6-18(27-2)7-5-16/h4-7,17H,3,8-15H2,1-2H3,(H,21,25). The Bertz CT molecular complexity index is 651. The second-order valence-corrected chi connectivity index (χ2v) is 7.10. The van der Waals surface area contributed by atoms with Gasteiger partial charge in [0.25, 0.3) is 0 Å². The molecule has 1 aromatic carbocycles. The summed E-state index contributed by atoms with van der Waals surface area (Å²) in [5, 5.41) is 2.94. The van der Waals surface area contributed by atoms with Gasteiger partial charge in [0.15, 0.2) is 0 Å². The minimum Gasteiger partial charge on any atom is -0.497 e. The lowest BCUT2D eigenvalue weighted by atomic mass is 10.0. The van der Waals surface area contributed by atoms with Crippen LogP contribution in [0, 0.1) is 0 Å². The molecule has 154 valence electrons. The highest BCUT2D eigenvalue weighted by Gasteiger charge is 2.30. The monoisotopic (exact) mass is 390 g/mol. The second-order valence-electron chi connectivity index (χ2n) is 7.10. The molecular weight excluding hydrogens is 360 g/mol. The van der Waals surface area contributed by atoms with E-state index in [1.54, 1.807) is 12.0 Å². The van der Waals surface area contributed by atoms with Gasteiger partial charge in [-0.25, -0.2) is 9.59 Å². The Balaban J connectivity index is 1.41. The van der Waals surface area contributed by atoms with Crippen molar-refractivity contribution in [3.63, 3.8) is 0 Å². The van der Waals surface area contributed by atoms with Crippen molar-refractivity contribution in [3.05, 3.63) is 24.3 Å². The molecule has 3 rings (SSSR count). The molecule has 2 heterocycles. The van der Waals surface area contributed by atoms with Crippen LogP contribution in [0.25, 0.3) is 0 Å². The molecule has 0 spiro atoms. The van der Waals surface area contributed by atoms with Gasteiger partial charge in [-0.3, -0.25) is 4.90 Å². The first-order valence-electron chi connectivity index (χ1n) is 9.96. The van der Waals surface area contributed by atoms with Crippen molar-refractivity contribution in [1.82, 2.24) is 14.7 Å². The summed E-state index contributed by atoms with van der Waals surface area (Å²) in [6.45, 7) is 6.86. The molecule has 0 atom stereocenters. The van der Waals surface area contributed by atoms with Gasteiger partial charge in [-0.2, -0.15) is 0 Å². The fourth-order valence-electron chi connectivity index (χ4n) is 3.80. The van der Waals surface area contributed by atoms with Gasteiger partial charge in [-0.05, 0) is 44.0 Å². The Labute approximate surface area is 166 Å². The molecule has 8 heteroatoms. The van der Waals surface area contributed by atoms with Gasteiger partial charge in [0.05, 0.1) is 13.7 Å². The van der Waals surface area contributed by atoms with Crippen LogP contribution in [-0.4, -0.2) is 85.9 Å². The van der Waals surface area contributed by atoms with Crippen LogP contribution in [0.3, 0.4) is 0 Å². The van der Waals surface area contributed by atoms with Gasteiger partial charge in [-0.15, -0.1) is 0 Å². The van der Waals surface area contributed by atoms with Crippen molar-refractivity contribution < 1.29 is 19.1 Å². The van der Waals surface area contributed by atoms with Gasteiger partial charge < -0.3 is 24.6 Å². The summed E-state index contributed by atoms with van der Waals surface area (Å²) in [5.41, 5.74) is 0.763. The van der Waals surface area contributed by atoms with Crippen LogP contribution in [-0.2, 0) is 4.74 Å². The summed E-state index contributed by atoms with van der Waals surface area (Å²) < 4.78 is 10.2. The molecule has 2 aliphatic rings. The predicted octanol–water partition coefficient (Wildman–Crippen LogP) is 2.47. The van der Waals surface area contributed by atoms with E-state index in [4.69, 9.17) is 9.47 Å². The number of methoxy groups -OCH3 is 1. The van der Waals surface area contributed by atoms with E-state index in [-0.39, 0.29) is 12.1 Å². The average Bonchev–Trinajstić information content (AvgIpc) is 2.74. The van der Waals surface area contributed by atoms with E-state index in [2.05, 4.69) is 10.2 Å². The fraction of sp³-hybridized carbons (Fsp3) is 0.600. The van der Waals surface area contributed by atoms with Gasteiger partial charge in [0.1, 0.15) is 5.75 Å². The van der Waals surface area contributed by atoms with E-state index in [0.717, 1.165) is 50.5 Å². The molecule has 28 heavy (non-hydrogen) atoms. The highest BCUT2D eigenvalue weighted by Crippen LogP contribution is 2.20. The number of carbonyl (C=O) groups is 2. The Morgan fingerprint density at radius 3 is 2.21 bits per heavy atom. The highest BCUT2D eigenvalue weighted by atomic mass is 16.6. The summed E-state index contributed by atoms with van der Waals surface area (Å²) in [7, 11) is 1.62. The molecule has 2 aliphatic heterocycles. The SMILES string of the molecule is CCOC(=O)N1CCC(N2CCN(C(=O)Nc3ccc(OC)cc3)CC2)CC1. The van der Waals surface area contributed by atoms with E-state index in [1.165, 1.54) is 0 Å². The molecule has 2 saturated heterocycles. The van der Waals surface area contributed by atoms with Gasteiger partial charge in [-0.1, -0.05) is 0 Å². The lowest BCUT2D eigenvalue weighted by Gasteiger charge is -2.42. The predicted molar refractivity (Wildman–Crippen MR) is 107 cm³/mol. The number of piperidine rings is 1. The molecule has 3 amide bonds. The molecule has 0 saturated carbocycles. The van der Waals surface area contributed by atoms with Crippen LogP contribution >= 0.6 is 0 Å². The third kappa shape index (κ3) is 5.07. The van der Waals surface area contributed by atoms with Crippen molar-refractivity contribution in [2.24, 2.45) is 0 Å². The van der Waals surface area contributed by atoms with Crippen LogP contribution in [0.1, 0.15) is 19.8 Å². The summed E-state index contributed by atoms with van der Waals surface area (Å²) >= 11 is 0. The lowest BCUT2D eigenvalue weighted by Crippen LogP contribution is -2.55. The number of benzene rings is 1. The number of urea groups is 1. The van der Waals surface area contributed by atoms with Gasteiger partial charge in [0.2, 0.25) is 0 Å². The molecule has 2 fully saturated rings. The smallest absolute Gasteiger partial charge is 0.409 e. The molecular formula is C20H30N4O4. The maximum Gasteiger partial charge on any atom is 0.409 e. The van der Waals surface area contributed by atoms with Crippen LogP contribution in [0.15, 0.2) is 24.3 Å². The first-order valence-corrected chi connectivity index (χ1v) is 9.96. The zero-order chi connectivity index (χ0) is 19.9. The van der Waals surface area contributed by atoms with Crippen molar-refractivity contribution in [2.75, 3.05) is 58.3 Å². The number of nitrogens with zero attached hydrogens (tertiary/aromatic N) is 3. The van der Waals surface area contributed by atoms with Crippen LogP contribution in [0.4, 0.5) is 15.3 Å². The maximum atomic E-state index is 12.5. The van der Waals surface area contributed by atoms with Crippen molar-refractivity contribution >= 4 is 17.8 Å². The van der Waals surface area contributed by atoms with Crippen LogP contribution in [0.2, 0.25) is 0 Å². The lowest BCUT2D eigenvalue weighted by molar-refractivity contribution is 0.0581. The molecule has 0 unspecified atom stereocenters. The van der Waals surface area contributed by atoms with E-state index in [9.17, 15) is 9.59 Å². The number of ether oxygens (including phenoxy) is 2. The molecule has 8 nitrogen and oxygen atoms in total. The number of likely N-dealkylation sites (tertiary alicyclic amines) is 1. The Hall–Kier alpha value is -2.48. The van der Waals surface area contributed by atoms with Crippen LogP contribution in [0.5, 0.6) is 5.75 Å². The summed E-state index contributed by atoms with van der Waals surface area (Å²) in [4.78, 5) is 30.4. The number of rotatable bonds is 4. The number of carbonyl (C=O) groups excluding carboxylic acids is 2. The minimum atomic E-state index is -0.207. The number of amides is 3. The van der Waals surface area contributed by atoms with Crippen molar-refractivity contribution in [1.29, 1.82) is 0 Å². The topological polar surface area (TPSA) is 74.4 Å². The van der Waals surface area contributed by atoms with E-state index in [0.29, 0.717) is 25.7 Å². The summed E-state index contributed by atoms with van der Waals surface area (Å²) in [5.74, 6) is 0.764. The van der Waals surface area contributed by atoms with Gasteiger partial charge >= 0.3 is 12.1 Å². The highest BCUT2D eigenvalue weighted by molar-refractivity contribution is 5.89. The maximum absolute atomic E-state index is 12.5. The largest absolute Gasteiger partial charge is 0.497 e. The third-order valence-electron chi connectivity index (χ3n) is 5.45. The number of nitrogens with one attached hydrogen (secondary N) is 1. The zero-order valence-corrected chi connectivity index (χ0v) is 16.7. The number of hydrogen-bond acceptors (Lipinski definition) is 5. The second kappa shape index (κ2) is 9.64. The molecule has 0 bridgehead atoms. The fourth-order valence-corrected chi connectivity index (χ4v) is 3.80. The first kappa shape index (κ1) is 20.3. The van der Waals surface area contributed by atoms with E-state index in [1.807, 2.05) is 36.1 Å². The minimum absolute atomic E-state index is 0.0676. The normalized spacial score (nSPS) is 18.6. The summed E-state index contributed by atoms with van der Waals surface area (Å²) in [6.07, 6.45) is 1.70. The Kier molecular flexibility index (Phi) is 6.97. The quantitative estimate of drug-likeness (QED) is 0.855. The molecule has 0 radical (unpaired) electrons. The third-order valence-corrected chi connectivity index (χ3v) is 5.45. The molecule has 1 aromatic rings. The Morgan fingerprint density at radius 2 is 1.64 bits per heavy atom. The summed E-state index contributed by atoms with van der Waals surface area (Å²) in [6, 6.07) is 7.74. The van der Waals surface area contributed by atoms with Crippen molar-refractivity contribution in [2.45, 2.75) is 25.8 Å². The number of piperazine rings is 1. The molecule has 0 aliphatic carbocycles. The Morgan fingerprint density at radius 1 is 1.00 bits per heavy atom. The van der Waals surface area contributed by atoms with E-state index >= 15 is 0 Å². The zero-order valence-electron chi connectivity index (χ0n) is 16.7. The first-order chi connectivity index (χ1) is 13.6. The molecule has 0 aromatic heterocycles. The number of hydrogen-bond donors (Lipinski definition) is 1. The van der Waals surface area contributed by atoms with E-state index < -0.39 is 0 Å². The van der Waals surface area contributed by atoms with Crippen molar-refractivity contribution in [3.8, 4) is 5.75 Å². The van der Waals surface area contributed by atoms with Crippen LogP contribution < -0.4 is 10.1 Å².